The number of H-pyrrole nitrogens is 1. The molecule has 4 aromatic rings. The number of benzene rings is 1. The molecule has 1 atom stereocenters. The Kier molecular flexibility index (Phi) is 3.92. The maximum absolute atomic E-state index is 13.4. The number of rotatable bonds is 2. The van der Waals surface area contributed by atoms with E-state index in [4.69, 9.17) is 4.98 Å². The van der Waals surface area contributed by atoms with Crippen molar-refractivity contribution >= 4 is 34.1 Å². The van der Waals surface area contributed by atoms with E-state index in [1.807, 2.05) is 48.2 Å². The Balaban J connectivity index is 1.38. The lowest BCUT2D eigenvalue weighted by atomic mass is 10.1. The highest BCUT2D eigenvalue weighted by Crippen LogP contribution is 2.40. The first-order chi connectivity index (χ1) is 15.2. The fourth-order valence-corrected chi connectivity index (χ4v) is 4.54. The largest absolute Gasteiger partial charge is 0.366 e. The first-order valence-corrected chi connectivity index (χ1v) is 10.4. The normalized spacial score (nSPS) is 17.1. The molecular formula is C23H21N7O. The van der Waals surface area contributed by atoms with Crippen LogP contribution in [0.5, 0.6) is 0 Å². The fraction of sp³-hybridized carbons (Fsp3) is 0.217. The van der Waals surface area contributed by atoms with Gasteiger partial charge in [0.25, 0.3) is 0 Å². The highest BCUT2D eigenvalue weighted by atomic mass is 16.2. The van der Waals surface area contributed by atoms with E-state index >= 15 is 0 Å². The van der Waals surface area contributed by atoms with Gasteiger partial charge in [0, 0.05) is 41.6 Å². The minimum absolute atomic E-state index is 0.104. The summed E-state index contributed by atoms with van der Waals surface area (Å²) in [4.78, 5) is 26.8. The number of nitrogens with one attached hydrogen (secondary N) is 2. The molecule has 8 heteroatoms. The lowest BCUT2D eigenvalue weighted by Crippen LogP contribution is -2.48. The molecule has 3 aromatic heterocycles. The molecule has 0 unspecified atom stereocenters. The average Bonchev–Trinajstić information content (AvgIpc) is 3.41. The molecule has 154 valence electrons. The molecule has 1 fully saturated rings. The third-order valence-electron chi connectivity index (χ3n) is 6.05. The molecule has 2 aliphatic heterocycles. The Morgan fingerprint density at radius 2 is 2.13 bits per heavy atom. The van der Waals surface area contributed by atoms with Gasteiger partial charge in [-0.3, -0.25) is 15.0 Å². The maximum atomic E-state index is 13.4. The van der Waals surface area contributed by atoms with Crippen LogP contribution >= 0.6 is 0 Å². The topological polar surface area (TPSA) is 90.0 Å². The van der Waals surface area contributed by atoms with Crippen LogP contribution in [0, 0.1) is 6.92 Å². The van der Waals surface area contributed by atoms with Gasteiger partial charge in [-0.25, -0.2) is 9.78 Å². The number of fused-ring (bicyclic) bond motifs is 5. The molecule has 1 aromatic carbocycles. The molecule has 1 saturated heterocycles. The van der Waals surface area contributed by atoms with E-state index < -0.39 is 0 Å². The summed E-state index contributed by atoms with van der Waals surface area (Å²) in [6.07, 6.45) is 4.46. The first-order valence-electron chi connectivity index (χ1n) is 10.4. The van der Waals surface area contributed by atoms with E-state index in [-0.39, 0.29) is 12.1 Å². The highest BCUT2D eigenvalue weighted by Gasteiger charge is 2.40. The van der Waals surface area contributed by atoms with Crippen molar-refractivity contribution in [1.82, 2.24) is 20.2 Å². The minimum Gasteiger partial charge on any atom is -0.366 e. The number of aryl methyl sites for hydroxylation is 1. The number of anilines is 3. The number of carbonyl (C=O) groups excluding carboxylic acids is 1. The van der Waals surface area contributed by atoms with Gasteiger partial charge >= 0.3 is 6.03 Å². The Labute approximate surface area is 178 Å². The van der Waals surface area contributed by atoms with Gasteiger partial charge in [-0.1, -0.05) is 0 Å². The molecule has 31 heavy (non-hydrogen) atoms. The number of amides is 2. The van der Waals surface area contributed by atoms with Crippen LogP contribution in [0.2, 0.25) is 0 Å². The van der Waals surface area contributed by atoms with E-state index in [9.17, 15) is 4.79 Å². The van der Waals surface area contributed by atoms with Crippen molar-refractivity contribution in [3.63, 3.8) is 0 Å². The molecule has 2 amide bonds. The Bertz CT molecular complexity index is 1310. The molecule has 0 saturated carbocycles. The average molecular weight is 411 g/mol. The van der Waals surface area contributed by atoms with Crippen molar-refractivity contribution in [1.29, 1.82) is 0 Å². The van der Waals surface area contributed by atoms with Gasteiger partial charge in [-0.2, -0.15) is 5.10 Å². The standard InChI is InChI=1S/C23H21N7O/c1-14-10-15(6-8-24-14)19-4-5-21-22(27-19)30(18-7-9-29(21)13-18)23(31)26-17-2-3-20-16(11-17)12-25-28-20/h2-6,8,10-12,18H,7,9,13H2,1H3,(H,25,28)(H,26,31)/t18-/m0/s1. The molecule has 6 rings (SSSR count). The molecule has 0 radical (unpaired) electrons. The first kappa shape index (κ1) is 17.9. The lowest BCUT2D eigenvalue weighted by Gasteiger charge is -2.36. The number of urea groups is 1. The van der Waals surface area contributed by atoms with Gasteiger partial charge in [0.1, 0.15) is 0 Å². The summed E-state index contributed by atoms with van der Waals surface area (Å²) >= 11 is 0. The zero-order chi connectivity index (χ0) is 20.9. The molecule has 0 aliphatic carbocycles. The molecule has 2 N–H and O–H groups in total. The maximum Gasteiger partial charge on any atom is 0.327 e. The van der Waals surface area contributed by atoms with E-state index in [2.05, 4.69) is 31.5 Å². The molecule has 5 heterocycles. The van der Waals surface area contributed by atoms with Gasteiger partial charge in [0.05, 0.1) is 29.1 Å². The van der Waals surface area contributed by atoms with Crippen LogP contribution in [0.1, 0.15) is 12.1 Å². The smallest absolute Gasteiger partial charge is 0.327 e. The number of carbonyl (C=O) groups is 1. The van der Waals surface area contributed by atoms with E-state index in [1.54, 1.807) is 12.4 Å². The predicted octanol–water partition coefficient (Wildman–Crippen LogP) is 3.96. The summed E-state index contributed by atoms with van der Waals surface area (Å²) < 4.78 is 0. The SMILES string of the molecule is Cc1cc(-c2ccc3c(n2)N(C(=O)Nc2ccc4[nH]ncc4c2)[C@H]2CCN3C2)ccn1. The lowest BCUT2D eigenvalue weighted by molar-refractivity contribution is 0.255. The number of pyridine rings is 2. The van der Waals surface area contributed by atoms with E-state index in [1.165, 1.54) is 0 Å². The third kappa shape index (κ3) is 2.99. The van der Waals surface area contributed by atoms with Crippen molar-refractivity contribution in [2.24, 2.45) is 0 Å². The van der Waals surface area contributed by atoms with E-state index in [0.29, 0.717) is 5.82 Å². The summed E-state index contributed by atoms with van der Waals surface area (Å²) in [5.41, 5.74) is 5.45. The Hall–Kier alpha value is -3.94. The van der Waals surface area contributed by atoms with Crippen LogP contribution in [0.25, 0.3) is 22.2 Å². The second-order valence-electron chi connectivity index (χ2n) is 8.09. The summed E-state index contributed by atoms with van der Waals surface area (Å²) in [7, 11) is 0. The zero-order valence-electron chi connectivity index (χ0n) is 17.0. The zero-order valence-corrected chi connectivity index (χ0v) is 17.0. The number of hydrogen-bond donors (Lipinski definition) is 2. The van der Waals surface area contributed by atoms with Crippen LogP contribution in [-0.4, -0.2) is 45.3 Å². The minimum atomic E-state index is -0.161. The van der Waals surface area contributed by atoms with Crippen molar-refractivity contribution in [2.75, 3.05) is 28.2 Å². The van der Waals surface area contributed by atoms with Gasteiger partial charge in [0.15, 0.2) is 5.82 Å². The van der Waals surface area contributed by atoms with Crippen LogP contribution in [-0.2, 0) is 0 Å². The second-order valence-corrected chi connectivity index (χ2v) is 8.09. The Morgan fingerprint density at radius 1 is 1.19 bits per heavy atom. The molecule has 2 bridgehead atoms. The molecule has 8 nitrogen and oxygen atoms in total. The van der Waals surface area contributed by atoms with Crippen LogP contribution in [0.4, 0.5) is 22.0 Å². The summed E-state index contributed by atoms with van der Waals surface area (Å²) in [5, 5.41) is 11.0. The summed E-state index contributed by atoms with van der Waals surface area (Å²) in [6, 6.07) is 13.7. The second kappa shape index (κ2) is 6.80. The monoisotopic (exact) mass is 411 g/mol. The van der Waals surface area contributed by atoms with Crippen molar-refractivity contribution in [3.05, 3.63) is 60.6 Å². The van der Waals surface area contributed by atoms with Crippen LogP contribution in [0.3, 0.4) is 0 Å². The van der Waals surface area contributed by atoms with E-state index in [0.717, 1.165) is 58.7 Å². The Morgan fingerprint density at radius 3 is 3.03 bits per heavy atom. The summed E-state index contributed by atoms with van der Waals surface area (Å²) in [6.45, 7) is 3.72. The van der Waals surface area contributed by atoms with Gasteiger partial charge in [-0.05, 0) is 55.8 Å². The molecule has 0 spiro atoms. The highest BCUT2D eigenvalue weighted by molar-refractivity contribution is 6.05. The van der Waals surface area contributed by atoms with Crippen LogP contribution in [0.15, 0.2) is 54.9 Å². The van der Waals surface area contributed by atoms with Crippen molar-refractivity contribution in [3.8, 4) is 11.3 Å². The number of nitrogens with zero attached hydrogens (tertiary/aromatic N) is 5. The van der Waals surface area contributed by atoms with Crippen molar-refractivity contribution < 1.29 is 4.79 Å². The van der Waals surface area contributed by atoms with Gasteiger partial charge in [0.2, 0.25) is 0 Å². The third-order valence-corrected chi connectivity index (χ3v) is 6.05. The fourth-order valence-electron chi connectivity index (χ4n) is 4.54. The quantitative estimate of drug-likeness (QED) is 0.521. The van der Waals surface area contributed by atoms with Gasteiger partial charge in [-0.15, -0.1) is 0 Å². The van der Waals surface area contributed by atoms with Gasteiger partial charge < -0.3 is 10.2 Å². The number of hydrogen-bond acceptors (Lipinski definition) is 5. The van der Waals surface area contributed by atoms with Crippen molar-refractivity contribution in [2.45, 2.75) is 19.4 Å². The molecular weight excluding hydrogens is 390 g/mol. The van der Waals surface area contributed by atoms with Crippen LogP contribution < -0.4 is 15.1 Å². The number of aromatic amines is 1. The number of aromatic nitrogens is 4. The summed E-state index contributed by atoms with van der Waals surface area (Å²) in [5.74, 6) is 0.711. The predicted molar refractivity (Wildman–Crippen MR) is 120 cm³/mol. The molecule has 2 aliphatic rings.